The van der Waals surface area contributed by atoms with Gasteiger partial charge in [0, 0.05) is 50.5 Å². The fourth-order valence-electron chi connectivity index (χ4n) is 4.05. The molecular weight excluding hydrogens is 437 g/mol. The zero-order valence-corrected chi connectivity index (χ0v) is 19.3. The first-order chi connectivity index (χ1) is 16.5. The van der Waals surface area contributed by atoms with Crippen LogP contribution >= 0.6 is 0 Å². The number of nitrogens with zero attached hydrogens (tertiary/aromatic N) is 3. The topological polar surface area (TPSA) is 86.3 Å². The molecule has 2 aromatic rings. The van der Waals surface area contributed by atoms with E-state index < -0.39 is 5.82 Å². The maximum absolute atomic E-state index is 14.8. The molecule has 180 valence electrons. The van der Waals surface area contributed by atoms with Crippen molar-refractivity contribution in [2.75, 3.05) is 56.1 Å². The predicted octanol–water partition coefficient (Wildman–Crippen LogP) is 3.29. The summed E-state index contributed by atoms with van der Waals surface area (Å²) in [5.41, 5.74) is 2.75. The third kappa shape index (κ3) is 5.84. The van der Waals surface area contributed by atoms with Crippen LogP contribution in [-0.4, -0.2) is 68.6 Å². The first kappa shape index (κ1) is 23.5. The summed E-state index contributed by atoms with van der Waals surface area (Å²) in [6, 6.07) is 12.6. The number of anilines is 2. The quantitative estimate of drug-likeness (QED) is 0.608. The van der Waals surface area contributed by atoms with Gasteiger partial charge in [0.25, 0.3) is 0 Å². The van der Waals surface area contributed by atoms with Crippen LogP contribution in [0.5, 0.6) is 0 Å². The smallest absolute Gasteiger partial charge is 0.409 e. The summed E-state index contributed by atoms with van der Waals surface area (Å²) >= 11 is 0. The number of ketones is 1. The first-order valence-corrected chi connectivity index (χ1v) is 11.7. The van der Waals surface area contributed by atoms with E-state index in [1.54, 1.807) is 24.0 Å². The van der Waals surface area contributed by atoms with E-state index in [4.69, 9.17) is 4.74 Å². The second-order valence-corrected chi connectivity index (χ2v) is 8.24. The molecule has 0 atom stereocenters. The first-order valence-electron chi connectivity index (χ1n) is 11.7. The molecule has 4 rings (SSSR count). The van der Waals surface area contributed by atoms with Gasteiger partial charge in [-0.05, 0) is 49.2 Å². The van der Waals surface area contributed by atoms with Crippen LogP contribution in [0, 0.1) is 5.82 Å². The molecule has 0 bridgehead atoms. The standard InChI is InChI=1S/C25H30FN5O3/c1-2-34-25(33)31-15-13-30(14-16-31)20-8-9-21(22(26)17-20)23(32)10-5-18-3-6-19(7-4-18)29-24-27-11-12-28-24/h3-4,6-9,17H,2,5,10-16H2,1H3,(H2,27,28,29). The lowest BCUT2D eigenvalue weighted by Gasteiger charge is -2.35. The summed E-state index contributed by atoms with van der Waals surface area (Å²) in [4.78, 5) is 32.5. The number of halogens is 1. The van der Waals surface area contributed by atoms with Crippen molar-refractivity contribution in [2.45, 2.75) is 19.8 Å². The minimum Gasteiger partial charge on any atom is -0.450 e. The molecule has 9 heteroatoms. The van der Waals surface area contributed by atoms with Crippen molar-refractivity contribution in [3.63, 3.8) is 0 Å². The number of hydrogen-bond acceptors (Lipinski definition) is 7. The monoisotopic (exact) mass is 467 g/mol. The van der Waals surface area contributed by atoms with Crippen molar-refractivity contribution in [2.24, 2.45) is 4.99 Å². The van der Waals surface area contributed by atoms with Crippen LogP contribution in [0.1, 0.15) is 29.3 Å². The van der Waals surface area contributed by atoms with E-state index in [2.05, 4.69) is 15.6 Å². The third-order valence-corrected chi connectivity index (χ3v) is 5.96. The Labute approximate surface area is 198 Å². The SMILES string of the molecule is CCOC(=O)N1CCN(c2ccc(C(=O)CCc3ccc(NC4=NCCN4)cc3)c(F)c2)CC1. The molecule has 0 aromatic heterocycles. The zero-order chi connectivity index (χ0) is 23.9. The molecular formula is C25H30FN5O3. The average molecular weight is 468 g/mol. The van der Waals surface area contributed by atoms with Crippen molar-refractivity contribution < 1.29 is 18.7 Å². The molecule has 2 N–H and O–H groups in total. The highest BCUT2D eigenvalue weighted by molar-refractivity contribution is 5.97. The van der Waals surface area contributed by atoms with Gasteiger partial charge in [-0.25, -0.2) is 9.18 Å². The van der Waals surface area contributed by atoms with Gasteiger partial charge in [0.1, 0.15) is 5.82 Å². The number of amides is 1. The van der Waals surface area contributed by atoms with Gasteiger partial charge in [-0.1, -0.05) is 12.1 Å². The number of carbonyl (C=O) groups excluding carboxylic acids is 2. The number of hydrogen-bond donors (Lipinski definition) is 2. The Bertz CT molecular complexity index is 1050. The third-order valence-electron chi connectivity index (χ3n) is 5.96. The van der Waals surface area contributed by atoms with E-state index in [1.165, 1.54) is 6.07 Å². The Morgan fingerprint density at radius 3 is 2.53 bits per heavy atom. The number of nitrogens with one attached hydrogen (secondary N) is 2. The number of rotatable bonds is 7. The molecule has 0 radical (unpaired) electrons. The van der Waals surface area contributed by atoms with Gasteiger partial charge in [0.05, 0.1) is 18.7 Å². The minimum absolute atomic E-state index is 0.109. The molecule has 0 unspecified atom stereocenters. The van der Waals surface area contributed by atoms with E-state index >= 15 is 0 Å². The number of aryl methyl sites for hydroxylation is 1. The van der Waals surface area contributed by atoms with Crippen molar-refractivity contribution >= 4 is 29.2 Å². The van der Waals surface area contributed by atoms with Crippen LogP contribution in [0.2, 0.25) is 0 Å². The van der Waals surface area contributed by atoms with E-state index in [1.807, 2.05) is 29.2 Å². The molecule has 2 aliphatic heterocycles. The van der Waals surface area contributed by atoms with Crippen LogP contribution in [0.25, 0.3) is 0 Å². The Kier molecular flexibility index (Phi) is 7.61. The normalized spacial score (nSPS) is 15.5. The summed E-state index contributed by atoms with van der Waals surface area (Å²) in [5.74, 6) is 0.0327. The number of ether oxygens (including phenoxy) is 1. The van der Waals surface area contributed by atoms with Crippen molar-refractivity contribution in [1.82, 2.24) is 10.2 Å². The Morgan fingerprint density at radius 2 is 1.88 bits per heavy atom. The van der Waals surface area contributed by atoms with E-state index in [0.717, 1.165) is 30.3 Å². The number of Topliss-reactive ketones (excluding diaryl/α,β-unsaturated/α-hetero) is 1. The fourth-order valence-corrected chi connectivity index (χ4v) is 4.05. The highest BCUT2D eigenvalue weighted by atomic mass is 19.1. The molecule has 2 aliphatic rings. The Hall–Kier alpha value is -3.62. The summed E-state index contributed by atoms with van der Waals surface area (Å²) in [6.45, 7) is 5.92. The number of benzene rings is 2. The highest BCUT2D eigenvalue weighted by Gasteiger charge is 2.23. The average Bonchev–Trinajstić information content (AvgIpc) is 3.37. The van der Waals surface area contributed by atoms with E-state index in [-0.39, 0.29) is 23.9 Å². The highest BCUT2D eigenvalue weighted by Crippen LogP contribution is 2.22. The lowest BCUT2D eigenvalue weighted by Crippen LogP contribution is -2.49. The van der Waals surface area contributed by atoms with Gasteiger partial charge in [0.15, 0.2) is 11.7 Å². The number of piperazine rings is 1. The molecule has 0 aliphatic carbocycles. The molecule has 1 fully saturated rings. The van der Waals surface area contributed by atoms with Crippen molar-refractivity contribution in [3.8, 4) is 0 Å². The van der Waals surface area contributed by atoms with Crippen molar-refractivity contribution in [3.05, 3.63) is 59.4 Å². The molecule has 8 nitrogen and oxygen atoms in total. The maximum Gasteiger partial charge on any atom is 0.409 e. The Morgan fingerprint density at radius 1 is 1.12 bits per heavy atom. The van der Waals surface area contributed by atoms with Gasteiger partial charge in [0.2, 0.25) is 0 Å². The second kappa shape index (κ2) is 11.0. The molecule has 34 heavy (non-hydrogen) atoms. The van der Waals surface area contributed by atoms with Gasteiger partial charge in [-0.3, -0.25) is 9.79 Å². The van der Waals surface area contributed by atoms with E-state index in [0.29, 0.717) is 44.9 Å². The summed E-state index contributed by atoms with van der Waals surface area (Å²) in [5, 5.41) is 6.36. The number of guanidine groups is 1. The Balaban J connectivity index is 1.29. The van der Waals surface area contributed by atoms with Crippen LogP contribution < -0.4 is 15.5 Å². The molecule has 1 saturated heterocycles. The molecule has 2 aromatic carbocycles. The molecule has 1 amide bonds. The van der Waals surface area contributed by atoms with Crippen LogP contribution in [0.15, 0.2) is 47.5 Å². The lowest BCUT2D eigenvalue weighted by atomic mass is 10.0. The minimum atomic E-state index is -0.514. The summed E-state index contributed by atoms with van der Waals surface area (Å²) in [6.07, 6.45) is 0.450. The summed E-state index contributed by atoms with van der Waals surface area (Å²) in [7, 11) is 0. The van der Waals surface area contributed by atoms with Gasteiger partial charge < -0.3 is 25.2 Å². The molecule has 0 spiro atoms. The van der Waals surface area contributed by atoms with Gasteiger partial charge >= 0.3 is 6.09 Å². The largest absolute Gasteiger partial charge is 0.450 e. The number of carbonyl (C=O) groups is 2. The maximum atomic E-state index is 14.8. The van der Waals surface area contributed by atoms with E-state index in [9.17, 15) is 14.0 Å². The van der Waals surface area contributed by atoms with Gasteiger partial charge in [-0.15, -0.1) is 0 Å². The fraction of sp³-hybridized carbons (Fsp3) is 0.400. The lowest BCUT2D eigenvalue weighted by molar-refractivity contribution is 0.0977. The summed E-state index contributed by atoms with van der Waals surface area (Å²) < 4.78 is 19.8. The number of aliphatic imine (C=N–C) groups is 1. The van der Waals surface area contributed by atoms with Crippen LogP contribution in [0.4, 0.5) is 20.6 Å². The zero-order valence-electron chi connectivity index (χ0n) is 19.3. The van der Waals surface area contributed by atoms with Crippen molar-refractivity contribution in [1.29, 1.82) is 0 Å². The predicted molar refractivity (Wildman–Crippen MR) is 130 cm³/mol. The molecule has 0 saturated carbocycles. The molecule has 2 heterocycles. The van der Waals surface area contributed by atoms with Crippen LogP contribution in [-0.2, 0) is 11.2 Å². The second-order valence-electron chi connectivity index (χ2n) is 8.24. The van der Waals surface area contributed by atoms with Gasteiger partial charge in [-0.2, -0.15) is 0 Å². The van der Waals surface area contributed by atoms with Crippen LogP contribution in [0.3, 0.4) is 0 Å².